The number of amides is 1. The summed E-state index contributed by atoms with van der Waals surface area (Å²) in [5, 5.41) is 0. The molecule has 1 amide bonds. The Bertz CT molecular complexity index is 1000. The van der Waals surface area contributed by atoms with Crippen LogP contribution in [0.15, 0.2) is 47.4 Å². The highest BCUT2D eigenvalue weighted by molar-refractivity contribution is 7.89. The number of fused-ring (bicyclic) bond motifs is 2. The van der Waals surface area contributed by atoms with Gasteiger partial charge in [0.25, 0.3) is 0 Å². The highest BCUT2D eigenvalue weighted by atomic mass is 32.2. The number of rotatable bonds is 4. The predicted molar refractivity (Wildman–Crippen MR) is 110 cm³/mol. The third kappa shape index (κ3) is 3.71. The molecule has 2 aromatic rings. The number of nitrogens with one attached hydrogen (secondary N) is 1. The van der Waals surface area contributed by atoms with Crippen LogP contribution in [0.3, 0.4) is 0 Å². The van der Waals surface area contributed by atoms with Gasteiger partial charge in [0.15, 0.2) is 0 Å². The highest BCUT2D eigenvalue weighted by Crippen LogP contribution is 2.32. The van der Waals surface area contributed by atoms with E-state index in [4.69, 9.17) is 0 Å². The van der Waals surface area contributed by atoms with Gasteiger partial charge in [0, 0.05) is 25.7 Å². The van der Waals surface area contributed by atoms with Gasteiger partial charge >= 0.3 is 0 Å². The summed E-state index contributed by atoms with van der Waals surface area (Å²) >= 11 is 0. The molecule has 5 nitrogen and oxygen atoms in total. The average molecular weight is 399 g/mol. The summed E-state index contributed by atoms with van der Waals surface area (Å²) in [5.74, 6) is 0.205. The molecule has 1 aliphatic carbocycles. The molecule has 2 aromatic carbocycles. The van der Waals surface area contributed by atoms with Crippen LogP contribution < -0.4 is 9.62 Å². The van der Waals surface area contributed by atoms with Gasteiger partial charge in [-0.05, 0) is 72.9 Å². The molecule has 1 atom stereocenters. The Hall–Kier alpha value is -2.18. The number of benzene rings is 2. The number of anilines is 1. The summed E-state index contributed by atoms with van der Waals surface area (Å²) in [6, 6.07) is 13.4. The average Bonchev–Trinajstić information content (AvgIpc) is 2.71. The molecule has 1 heterocycles. The second kappa shape index (κ2) is 7.68. The molecule has 28 heavy (non-hydrogen) atoms. The first-order valence-corrected chi connectivity index (χ1v) is 11.4. The van der Waals surface area contributed by atoms with Crippen molar-refractivity contribution in [3.8, 4) is 0 Å². The van der Waals surface area contributed by atoms with Crippen molar-refractivity contribution in [3.05, 3.63) is 59.2 Å². The monoisotopic (exact) mass is 398 g/mol. The van der Waals surface area contributed by atoms with Crippen molar-refractivity contribution in [2.24, 2.45) is 0 Å². The maximum atomic E-state index is 12.9. The van der Waals surface area contributed by atoms with Gasteiger partial charge in [0.05, 0.1) is 4.90 Å². The molecule has 148 valence electrons. The van der Waals surface area contributed by atoms with Crippen LogP contribution in [0.25, 0.3) is 0 Å². The van der Waals surface area contributed by atoms with Crippen molar-refractivity contribution in [2.75, 3.05) is 18.0 Å². The van der Waals surface area contributed by atoms with Crippen LogP contribution in [0.1, 0.15) is 48.8 Å². The first kappa shape index (κ1) is 19.2. The molecular weight excluding hydrogens is 372 g/mol. The first-order chi connectivity index (χ1) is 13.5. The molecule has 0 bridgehead atoms. The number of sulfonamides is 1. The second-order valence-corrected chi connectivity index (χ2v) is 9.47. The summed E-state index contributed by atoms with van der Waals surface area (Å²) in [4.78, 5) is 13.8. The third-order valence-electron chi connectivity index (χ3n) is 5.87. The number of carbonyl (C=O) groups is 1. The Morgan fingerprint density at radius 3 is 2.71 bits per heavy atom. The van der Waals surface area contributed by atoms with Crippen LogP contribution in [0.4, 0.5) is 5.69 Å². The molecule has 1 N–H and O–H groups in total. The zero-order valence-corrected chi connectivity index (χ0v) is 17.0. The van der Waals surface area contributed by atoms with Gasteiger partial charge in [-0.3, -0.25) is 4.79 Å². The number of hydrogen-bond acceptors (Lipinski definition) is 3. The fraction of sp³-hybridized carbons (Fsp3) is 0.409. The number of nitrogens with zero attached hydrogens (tertiary/aromatic N) is 1. The summed E-state index contributed by atoms with van der Waals surface area (Å²) in [6.07, 6.45) is 4.79. The van der Waals surface area contributed by atoms with E-state index in [0.717, 1.165) is 43.4 Å². The van der Waals surface area contributed by atoms with Crippen LogP contribution in [-0.4, -0.2) is 27.4 Å². The number of carbonyl (C=O) groups excluding carboxylic acids is 1. The Balaban J connectivity index is 1.53. The normalized spacial score (nSPS) is 19.0. The minimum absolute atomic E-state index is 0.00866. The Morgan fingerprint density at radius 2 is 1.89 bits per heavy atom. The minimum atomic E-state index is -3.59. The maximum Gasteiger partial charge on any atom is 0.240 e. The van der Waals surface area contributed by atoms with E-state index in [0.29, 0.717) is 13.1 Å². The van der Waals surface area contributed by atoms with Gasteiger partial charge in [-0.25, -0.2) is 13.1 Å². The van der Waals surface area contributed by atoms with Crippen molar-refractivity contribution in [2.45, 2.75) is 49.8 Å². The third-order valence-corrected chi connectivity index (χ3v) is 7.29. The molecule has 2 aliphatic rings. The summed E-state index contributed by atoms with van der Waals surface area (Å²) < 4.78 is 28.6. The molecule has 0 saturated heterocycles. The van der Waals surface area contributed by atoms with E-state index in [1.165, 1.54) is 11.1 Å². The van der Waals surface area contributed by atoms with Gasteiger partial charge in [0.1, 0.15) is 0 Å². The molecule has 0 radical (unpaired) electrons. The molecule has 6 heteroatoms. The summed E-state index contributed by atoms with van der Waals surface area (Å²) in [5.41, 5.74) is 4.35. The summed E-state index contributed by atoms with van der Waals surface area (Å²) in [7, 11) is -3.59. The number of hydrogen-bond donors (Lipinski definition) is 1. The Morgan fingerprint density at radius 1 is 1.11 bits per heavy atom. The smallest absolute Gasteiger partial charge is 0.240 e. The Kier molecular flexibility index (Phi) is 5.25. The lowest BCUT2D eigenvalue weighted by Gasteiger charge is -2.29. The summed E-state index contributed by atoms with van der Waals surface area (Å²) in [6.45, 7) is 2.65. The van der Waals surface area contributed by atoms with E-state index in [9.17, 15) is 13.2 Å². The van der Waals surface area contributed by atoms with Crippen LogP contribution >= 0.6 is 0 Å². The van der Waals surface area contributed by atoms with E-state index in [-0.39, 0.29) is 16.7 Å². The SMILES string of the molecule is CC(=O)N1CCCc2cc(S(=O)(=O)NCC3CCCc4ccccc43)ccc21. The largest absolute Gasteiger partial charge is 0.312 e. The first-order valence-electron chi connectivity index (χ1n) is 9.94. The van der Waals surface area contributed by atoms with Gasteiger partial charge in [0.2, 0.25) is 15.9 Å². The van der Waals surface area contributed by atoms with Gasteiger partial charge in [-0.2, -0.15) is 0 Å². The van der Waals surface area contributed by atoms with Gasteiger partial charge < -0.3 is 4.90 Å². The lowest BCUT2D eigenvalue weighted by atomic mass is 9.83. The van der Waals surface area contributed by atoms with E-state index in [1.54, 1.807) is 30.0 Å². The molecular formula is C22H26N2O3S. The van der Waals surface area contributed by atoms with Gasteiger partial charge in [-0.15, -0.1) is 0 Å². The van der Waals surface area contributed by atoms with Crippen LogP contribution in [0.5, 0.6) is 0 Å². The minimum Gasteiger partial charge on any atom is -0.312 e. The lowest BCUT2D eigenvalue weighted by Crippen LogP contribution is -2.34. The molecule has 0 saturated carbocycles. The lowest BCUT2D eigenvalue weighted by molar-refractivity contribution is -0.116. The van der Waals surface area contributed by atoms with E-state index in [1.807, 2.05) is 12.1 Å². The van der Waals surface area contributed by atoms with Crippen molar-refractivity contribution in [1.82, 2.24) is 4.72 Å². The maximum absolute atomic E-state index is 12.9. The highest BCUT2D eigenvalue weighted by Gasteiger charge is 2.25. The quantitative estimate of drug-likeness (QED) is 0.859. The van der Waals surface area contributed by atoms with Crippen molar-refractivity contribution in [1.29, 1.82) is 0 Å². The molecule has 4 rings (SSSR count). The molecule has 1 aliphatic heterocycles. The van der Waals surface area contributed by atoms with Crippen molar-refractivity contribution >= 4 is 21.6 Å². The zero-order chi connectivity index (χ0) is 19.7. The van der Waals surface area contributed by atoms with E-state index < -0.39 is 10.0 Å². The molecule has 0 fully saturated rings. The Labute approximate surface area is 166 Å². The fourth-order valence-corrected chi connectivity index (χ4v) is 5.56. The van der Waals surface area contributed by atoms with Crippen LogP contribution in [0, 0.1) is 0 Å². The topological polar surface area (TPSA) is 66.5 Å². The van der Waals surface area contributed by atoms with Crippen LogP contribution in [0.2, 0.25) is 0 Å². The van der Waals surface area contributed by atoms with E-state index >= 15 is 0 Å². The molecule has 0 aromatic heterocycles. The standard InChI is InChI=1S/C22H26N2O3S/c1-16(25)24-13-5-9-18-14-20(11-12-22(18)24)28(26,27)23-15-19-8-4-7-17-6-2-3-10-21(17)19/h2-3,6,10-12,14,19,23H,4-5,7-9,13,15H2,1H3. The van der Waals surface area contributed by atoms with Crippen molar-refractivity contribution in [3.63, 3.8) is 0 Å². The van der Waals surface area contributed by atoms with Crippen LogP contribution in [-0.2, 0) is 27.7 Å². The van der Waals surface area contributed by atoms with E-state index in [2.05, 4.69) is 16.9 Å². The zero-order valence-electron chi connectivity index (χ0n) is 16.1. The predicted octanol–water partition coefficient (Wildman–Crippen LogP) is 3.38. The van der Waals surface area contributed by atoms with Crippen molar-refractivity contribution < 1.29 is 13.2 Å². The van der Waals surface area contributed by atoms with Gasteiger partial charge in [-0.1, -0.05) is 24.3 Å². The molecule has 1 unspecified atom stereocenters. The number of aryl methyl sites for hydroxylation is 2. The molecule has 0 spiro atoms. The fourth-order valence-electron chi connectivity index (χ4n) is 4.43. The second-order valence-electron chi connectivity index (χ2n) is 7.70.